The SMILES string of the molecule is CCOc1cccc(C(CCc2ccccc2)NN)c1. The van der Waals surface area contributed by atoms with Crippen LogP contribution in [0.25, 0.3) is 0 Å². The van der Waals surface area contributed by atoms with Crippen LogP contribution in [0.1, 0.15) is 30.5 Å². The van der Waals surface area contributed by atoms with Crippen LogP contribution in [0.4, 0.5) is 0 Å². The molecule has 0 radical (unpaired) electrons. The summed E-state index contributed by atoms with van der Waals surface area (Å²) < 4.78 is 5.54. The van der Waals surface area contributed by atoms with Crippen molar-refractivity contribution in [3.8, 4) is 5.75 Å². The van der Waals surface area contributed by atoms with E-state index in [9.17, 15) is 0 Å². The Balaban J connectivity index is 2.02. The van der Waals surface area contributed by atoms with Gasteiger partial charge in [-0.1, -0.05) is 42.5 Å². The molecule has 3 heteroatoms. The van der Waals surface area contributed by atoms with Gasteiger partial charge in [-0.3, -0.25) is 11.3 Å². The van der Waals surface area contributed by atoms with Crippen molar-refractivity contribution in [2.24, 2.45) is 5.84 Å². The van der Waals surface area contributed by atoms with E-state index in [2.05, 4.69) is 41.8 Å². The zero-order valence-electron chi connectivity index (χ0n) is 11.9. The van der Waals surface area contributed by atoms with Gasteiger partial charge in [-0.05, 0) is 43.0 Å². The molecule has 0 heterocycles. The summed E-state index contributed by atoms with van der Waals surface area (Å²) in [6.45, 7) is 2.66. The first-order chi connectivity index (χ1) is 9.83. The number of hydrogen-bond acceptors (Lipinski definition) is 3. The second-order valence-corrected chi connectivity index (χ2v) is 4.75. The number of hydrazine groups is 1. The van der Waals surface area contributed by atoms with Crippen molar-refractivity contribution in [3.05, 3.63) is 65.7 Å². The molecule has 0 saturated heterocycles. The molecule has 106 valence electrons. The Morgan fingerprint density at radius 2 is 1.90 bits per heavy atom. The molecular formula is C17H22N2O. The molecule has 0 aliphatic carbocycles. The molecule has 0 amide bonds. The number of hydrogen-bond donors (Lipinski definition) is 2. The molecule has 2 aromatic rings. The first kappa shape index (κ1) is 14.6. The van der Waals surface area contributed by atoms with Crippen molar-refractivity contribution < 1.29 is 4.74 Å². The maximum absolute atomic E-state index is 5.70. The van der Waals surface area contributed by atoms with E-state index >= 15 is 0 Å². The summed E-state index contributed by atoms with van der Waals surface area (Å²) in [5.41, 5.74) is 5.39. The molecule has 0 aliphatic heterocycles. The Kier molecular flexibility index (Phi) is 5.59. The number of nitrogens with one attached hydrogen (secondary N) is 1. The van der Waals surface area contributed by atoms with E-state index in [0.29, 0.717) is 6.61 Å². The van der Waals surface area contributed by atoms with Crippen molar-refractivity contribution in [1.82, 2.24) is 5.43 Å². The Morgan fingerprint density at radius 3 is 2.60 bits per heavy atom. The summed E-state index contributed by atoms with van der Waals surface area (Å²) in [4.78, 5) is 0. The van der Waals surface area contributed by atoms with Gasteiger partial charge in [-0.2, -0.15) is 0 Å². The van der Waals surface area contributed by atoms with Gasteiger partial charge >= 0.3 is 0 Å². The highest BCUT2D eigenvalue weighted by Crippen LogP contribution is 2.22. The zero-order valence-corrected chi connectivity index (χ0v) is 11.9. The molecule has 0 fully saturated rings. The summed E-state index contributed by atoms with van der Waals surface area (Å²) in [5, 5.41) is 0. The Bertz CT molecular complexity index is 513. The van der Waals surface area contributed by atoms with Gasteiger partial charge in [0.2, 0.25) is 0 Å². The third-order valence-electron chi connectivity index (χ3n) is 3.34. The molecule has 2 aromatic carbocycles. The maximum Gasteiger partial charge on any atom is 0.119 e. The minimum atomic E-state index is 0.135. The third kappa shape index (κ3) is 4.08. The van der Waals surface area contributed by atoms with Crippen LogP contribution in [0.3, 0.4) is 0 Å². The Hall–Kier alpha value is -1.84. The second kappa shape index (κ2) is 7.68. The van der Waals surface area contributed by atoms with Gasteiger partial charge < -0.3 is 4.74 Å². The van der Waals surface area contributed by atoms with Crippen LogP contribution >= 0.6 is 0 Å². The van der Waals surface area contributed by atoms with E-state index in [0.717, 1.165) is 24.2 Å². The van der Waals surface area contributed by atoms with Crippen LogP contribution in [0.5, 0.6) is 5.75 Å². The highest BCUT2D eigenvalue weighted by atomic mass is 16.5. The fourth-order valence-electron chi connectivity index (χ4n) is 2.29. The van der Waals surface area contributed by atoms with Crippen LogP contribution in [-0.2, 0) is 6.42 Å². The van der Waals surface area contributed by atoms with Crippen LogP contribution in [0.15, 0.2) is 54.6 Å². The van der Waals surface area contributed by atoms with Crippen LogP contribution < -0.4 is 16.0 Å². The van der Waals surface area contributed by atoms with E-state index < -0.39 is 0 Å². The molecule has 0 aromatic heterocycles. The molecule has 2 rings (SSSR count). The van der Waals surface area contributed by atoms with Crippen molar-refractivity contribution in [1.29, 1.82) is 0 Å². The lowest BCUT2D eigenvalue weighted by atomic mass is 9.99. The van der Waals surface area contributed by atoms with E-state index in [4.69, 9.17) is 10.6 Å². The number of nitrogens with two attached hydrogens (primary N) is 1. The van der Waals surface area contributed by atoms with Crippen molar-refractivity contribution in [2.45, 2.75) is 25.8 Å². The number of benzene rings is 2. The average molecular weight is 270 g/mol. The molecule has 0 bridgehead atoms. The molecule has 3 N–H and O–H groups in total. The third-order valence-corrected chi connectivity index (χ3v) is 3.34. The summed E-state index contributed by atoms with van der Waals surface area (Å²) >= 11 is 0. The smallest absolute Gasteiger partial charge is 0.119 e. The number of ether oxygens (including phenoxy) is 1. The van der Waals surface area contributed by atoms with Crippen LogP contribution in [-0.4, -0.2) is 6.61 Å². The quantitative estimate of drug-likeness (QED) is 0.600. The van der Waals surface area contributed by atoms with E-state index in [1.807, 2.05) is 25.1 Å². The van der Waals surface area contributed by atoms with Crippen molar-refractivity contribution in [3.63, 3.8) is 0 Å². The topological polar surface area (TPSA) is 47.3 Å². The Labute approximate surface area is 120 Å². The van der Waals surface area contributed by atoms with E-state index in [-0.39, 0.29) is 6.04 Å². The second-order valence-electron chi connectivity index (χ2n) is 4.75. The minimum Gasteiger partial charge on any atom is -0.494 e. The van der Waals surface area contributed by atoms with Gasteiger partial charge in [0.05, 0.1) is 6.61 Å². The molecular weight excluding hydrogens is 248 g/mol. The van der Waals surface area contributed by atoms with E-state index in [1.54, 1.807) is 0 Å². The van der Waals surface area contributed by atoms with Gasteiger partial charge in [0, 0.05) is 6.04 Å². The summed E-state index contributed by atoms with van der Waals surface area (Å²) in [7, 11) is 0. The monoisotopic (exact) mass is 270 g/mol. The van der Waals surface area contributed by atoms with Gasteiger partial charge in [0.1, 0.15) is 5.75 Å². The summed E-state index contributed by atoms with van der Waals surface area (Å²) in [6.07, 6.45) is 1.95. The number of rotatable bonds is 7. The molecule has 1 unspecified atom stereocenters. The highest BCUT2D eigenvalue weighted by Gasteiger charge is 2.10. The van der Waals surface area contributed by atoms with E-state index in [1.165, 1.54) is 5.56 Å². The summed E-state index contributed by atoms with van der Waals surface area (Å²) in [5.74, 6) is 6.60. The zero-order chi connectivity index (χ0) is 14.2. The Morgan fingerprint density at radius 1 is 1.10 bits per heavy atom. The normalized spacial score (nSPS) is 12.1. The molecule has 0 saturated carbocycles. The highest BCUT2D eigenvalue weighted by molar-refractivity contribution is 5.30. The van der Waals surface area contributed by atoms with Crippen molar-refractivity contribution in [2.75, 3.05) is 6.61 Å². The molecule has 1 atom stereocenters. The summed E-state index contributed by atoms with van der Waals surface area (Å²) in [6, 6.07) is 18.7. The maximum atomic E-state index is 5.70. The van der Waals surface area contributed by atoms with Gasteiger partial charge in [-0.15, -0.1) is 0 Å². The average Bonchev–Trinajstić information content (AvgIpc) is 2.50. The predicted octanol–water partition coefficient (Wildman–Crippen LogP) is 3.22. The van der Waals surface area contributed by atoms with Gasteiger partial charge in [-0.25, -0.2) is 0 Å². The van der Waals surface area contributed by atoms with Gasteiger partial charge in [0.15, 0.2) is 0 Å². The lowest BCUT2D eigenvalue weighted by molar-refractivity contribution is 0.339. The first-order valence-corrected chi connectivity index (χ1v) is 7.06. The molecule has 0 spiro atoms. The predicted molar refractivity (Wildman–Crippen MR) is 82.4 cm³/mol. The largest absolute Gasteiger partial charge is 0.494 e. The minimum absolute atomic E-state index is 0.135. The lowest BCUT2D eigenvalue weighted by Gasteiger charge is -2.17. The first-order valence-electron chi connectivity index (χ1n) is 7.06. The molecule has 20 heavy (non-hydrogen) atoms. The van der Waals surface area contributed by atoms with Crippen LogP contribution in [0.2, 0.25) is 0 Å². The lowest BCUT2D eigenvalue weighted by Crippen LogP contribution is -2.28. The fraction of sp³-hybridized carbons (Fsp3) is 0.294. The van der Waals surface area contributed by atoms with Crippen molar-refractivity contribution >= 4 is 0 Å². The van der Waals surface area contributed by atoms with Gasteiger partial charge in [0.25, 0.3) is 0 Å². The number of aryl methyl sites for hydroxylation is 1. The standard InChI is InChI=1S/C17H22N2O/c1-2-20-16-10-6-9-15(13-16)17(19-18)12-11-14-7-4-3-5-8-14/h3-10,13,17,19H,2,11-12,18H2,1H3. The fourth-order valence-corrected chi connectivity index (χ4v) is 2.29. The molecule has 3 nitrogen and oxygen atoms in total. The van der Waals surface area contributed by atoms with Crippen LogP contribution in [0, 0.1) is 0 Å². The molecule has 0 aliphatic rings.